The number of ether oxygens (including phenoxy) is 1. The first kappa shape index (κ1) is 10.6. The topological polar surface area (TPSA) is 85.2 Å². The molecule has 86 valence electrons. The third kappa shape index (κ3) is 1.89. The van der Waals surface area contributed by atoms with E-state index < -0.39 is 11.9 Å². The van der Waals surface area contributed by atoms with E-state index in [4.69, 9.17) is 0 Å². The smallest absolute Gasteiger partial charge is 0.396 e. The molecule has 1 fully saturated rings. The average Bonchev–Trinajstić information content (AvgIpc) is 2.62. The highest BCUT2D eigenvalue weighted by atomic mass is 16.5. The lowest BCUT2D eigenvalue weighted by atomic mass is 10.2. The summed E-state index contributed by atoms with van der Waals surface area (Å²) in [4.78, 5) is 22.2. The Labute approximate surface area is 91.8 Å². The fourth-order valence-electron chi connectivity index (χ4n) is 1.41. The van der Waals surface area contributed by atoms with Crippen molar-refractivity contribution in [1.82, 2.24) is 15.1 Å². The maximum Gasteiger partial charge on any atom is 0.396 e. The Hall–Kier alpha value is -1.89. The number of esters is 1. The third-order valence-corrected chi connectivity index (χ3v) is 2.39. The summed E-state index contributed by atoms with van der Waals surface area (Å²) < 4.78 is 5.99. The molecule has 1 aliphatic rings. The molecule has 0 spiro atoms. The molecule has 1 aromatic rings. The zero-order valence-electron chi connectivity index (χ0n) is 8.77. The minimum atomic E-state index is -0.917. The van der Waals surface area contributed by atoms with Gasteiger partial charge >= 0.3 is 11.9 Å². The van der Waals surface area contributed by atoms with E-state index in [2.05, 4.69) is 20.5 Å². The Morgan fingerprint density at radius 3 is 2.94 bits per heavy atom. The molecule has 0 unspecified atom stereocenters. The van der Waals surface area contributed by atoms with E-state index in [1.807, 2.05) is 0 Å². The van der Waals surface area contributed by atoms with Gasteiger partial charge in [-0.2, -0.15) is 5.10 Å². The summed E-state index contributed by atoms with van der Waals surface area (Å²) in [6, 6.07) is 1.86. The van der Waals surface area contributed by atoms with Gasteiger partial charge < -0.3 is 15.4 Å². The highest BCUT2D eigenvalue weighted by Gasteiger charge is 2.23. The molecule has 0 atom stereocenters. The Bertz CT molecular complexity index is 411. The molecule has 2 N–H and O–H groups in total. The van der Waals surface area contributed by atoms with Crippen LogP contribution in [0.4, 0.5) is 5.82 Å². The van der Waals surface area contributed by atoms with Crippen LogP contribution in [0.25, 0.3) is 0 Å². The summed E-state index contributed by atoms with van der Waals surface area (Å²) in [6.45, 7) is 1.62. The summed E-state index contributed by atoms with van der Waals surface area (Å²) in [5.74, 6) is -1.21. The summed E-state index contributed by atoms with van der Waals surface area (Å²) in [5, 5.41) is 9.63. The first-order chi connectivity index (χ1) is 7.72. The van der Waals surface area contributed by atoms with Crippen LogP contribution >= 0.6 is 0 Å². The van der Waals surface area contributed by atoms with Gasteiger partial charge in [0.2, 0.25) is 0 Å². The number of amides is 1. The first-order valence-corrected chi connectivity index (χ1v) is 4.86. The lowest BCUT2D eigenvalue weighted by Gasteiger charge is -2.28. The van der Waals surface area contributed by atoms with E-state index in [-0.39, 0.29) is 6.04 Å². The van der Waals surface area contributed by atoms with Crippen molar-refractivity contribution in [2.75, 3.05) is 25.5 Å². The monoisotopic (exact) mass is 224 g/mol. The van der Waals surface area contributed by atoms with Crippen molar-refractivity contribution in [2.45, 2.75) is 6.04 Å². The van der Waals surface area contributed by atoms with Crippen molar-refractivity contribution in [3.05, 3.63) is 12.3 Å². The normalized spacial score (nSPS) is 15.3. The van der Waals surface area contributed by atoms with E-state index in [0.29, 0.717) is 5.82 Å². The van der Waals surface area contributed by atoms with E-state index in [1.165, 1.54) is 0 Å². The number of hydrogen-bond donors (Lipinski definition) is 2. The maximum absolute atomic E-state index is 11.3. The molecule has 0 saturated carbocycles. The Morgan fingerprint density at radius 2 is 2.38 bits per heavy atom. The van der Waals surface area contributed by atoms with Crippen molar-refractivity contribution in [2.24, 2.45) is 0 Å². The van der Waals surface area contributed by atoms with Crippen LogP contribution in [0, 0.1) is 0 Å². The van der Waals surface area contributed by atoms with Crippen LogP contribution in [0.5, 0.6) is 0 Å². The second-order valence-electron chi connectivity index (χ2n) is 3.42. The van der Waals surface area contributed by atoms with E-state index in [9.17, 15) is 9.59 Å². The number of aromatic nitrogens is 2. The number of carbonyl (C=O) groups is 2. The van der Waals surface area contributed by atoms with Gasteiger partial charge in [-0.05, 0) is 0 Å². The number of carbonyl (C=O) groups excluding carboxylic acids is 2. The largest absolute Gasteiger partial charge is 0.462 e. The molecular formula is C9H12N4O3. The standard InChI is InChI=1S/C9H12N4O3/c1-16-9(15)8(14)12-7-2-3-11-13(7)6-4-10-5-6/h2-3,6,10H,4-5H2,1H3,(H,12,14). The van der Waals surface area contributed by atoms with Gasteiger partial charge in [0.15, 0.2) is 0 Å². The van der Waals surface area contributed by atoms with Crippen molar-refractivity contribution in [3.8, 4) is 0 Å². The van der Waals surface area contributed by atoms with Crippen LogP contribution in [0.15, 0.2) is 12.3 Å². The second kappa shape index (κ2) is 4.31. The highest BCUT2D eigenvalue weighted by molar-refractivity contribution is 6.37. The molecule has 2 rings (SSSR count). The summed E-state index contributed by atoms with van der Waals surface area (Å²) in [6.07, 6.45) is 1.57. The quantitative estimate of drug-likeness (QED) is 0.504. The van der Waals surface area contributed by atoms with Crippen molar-refractivity contribution in [3.63, 3.8) is 0 Å². The SMILES string of the molecule is COC(=O)C(=O)Nc1ccnn1C1CNC1. The zero-order valence-corrected chi connectivity index (χ0v) is 8.77. The van der Waals surface area contributed by atoms with Gasteiger partial charge in [-0.3, -0.25) is 4.79 Å². The summed E-state index contributed by atoms with van der Waals surface area (Å²) in [5.41, 5.74) is 0. The van der Waals surface area contributed by atoms with E-state index >= 15 is 0 Å². The molecule has 16 heavy (non-hydrogen) atoms. The van der Waals surface area contributed by atoms with Gasteiger partial charge in [0, 0.05) is 19.2 Å². The molecule has 7 heteroatoms. The van der Waals surface area contributed by atoms with Gasteiger partial charge in [0.1, 0.15) is 5.82 Å². The van der Waals surface area contributed by atoms with Gasteiger partial charge in [-0.25, -0.2) is 9.48 Å². The molecule has 1 aromatic heterocycles. The molecule has 1 saturated heterocycles. The van der Waals surface area contributed by atoms with Crippen molar-refractivity contribution >= 4 is 17.7 Å². The molecule has 1 aliphatic heterocycles. The van der Waals surface area contributed by atoms with Gasteiger partial charge in [0.05, 0.1) is 19.3 Å². The van der Waals surface area contributed by atoms with Crippen LogP contribution in [0.3, 0.4) is 0 Å². The Kier molecular flexibility index (Phi) is 2.86. The molecule has 0 aromatic carbocycles. The predicted octanol–water partition coefficient (Wildman–Crippen LogP) is -0.861. The van der Waals surface area contributed by atoms with Crippen LogP contribution < -0.4 is 10.6 Å². The number of nitrogens with one attached hydrogen (secondary N) is 2. The van der Waals surface area contributed by atoms with Gasteiger partial charge in [-0.1, -0.05) is 0 Å². The van der Waals surface area contributed by atoms with Crippen LogP contribution in [-0.4, -0.2) is 41.9 Å². The second-order valence-corrected chi connectivity index (χ2v) is 3.42. The van der Waals surface area contributed by atoms with Crippen molar-refractivity contribution < 1.29 is 14.3 Å². The number of rotatable bonds is 2. The zero-order chi connectivity index (χ0) is 11.5. The fraction of sp³-hybridized carbons (Fsp3) is 0.444. The summed E-state index contributed by atoms with van der Waals surface area (Å²) in [7, 11) is 1.16. The number of anilines is 1. The number of nitrogens with zero attached hydrogens (tertiary/aromatic N) is 2. The predicted molar refractivity (Wildman–Crippen MR) is 54.8 cm³/mol. The van der Waals surface area contributed by atoms with E-state index in [0.717, 1.165) is 20.2 Å². The lowest BCUT2D eigenvalue weighted by molar-refractivity contribution is -0.150. The minimum absolute atomic E-state index is 0.225. The summed E-state index contributed by atoms with van der Waals surface area (Å²) >= 11 is 0. The fourth-order valence-corrected chi connectivity index (χ4v) is 1.41. The minimum Gasteiger partial charge on any atom is -0.462 e. The average molecular weight is 224 g/mol. The number of hydrogen-bond acceptors (Lipinski definition) is 5. The molecule has 7 nitrogen and oxygen atoms in total. The molecule has 0 radical (unpaired) electrons. The Morgan fingerprint density at radius 1 is 1.62 bits per heavy atom. The van der Waals surface area contributed by atoms with Crippen molar-refractivity contribution in [1.29, 1.82) is 0 Å². The molecule has 0 bridgehead atoms. The number of methoxy groups -OCH3 is 1. The van der Waals surface area contributed by atoms with Crippen LogP contribution in [-0.2, 0) is 14.3 Å². The van der Waals surface area contributed by atoms with Gasteiger partial charge in [-0.15, -0.1) is 0 Å². The molecule has 1 amide bonds. The third-order valence-electron chi connectivity index (χ3n) is 2.39. The van der Waals surface area contributed by atoms with Crippen LogP contribution in [0.1, 0.15) is 6.04 Å². The lowest BCUT2D eigenvalue weighted by Crippen LogP contribution is -2.44. The first-order valence-electron chi connectivity index (χ1n) is 4.86. The van der Waals surface area contributed by atoms with Crippen LogP contribution in [0.2, 0.25) is 0 Å². The molecular weight excluding hydrogens is 212 g/mol. The maximum atomic E-state index is 11.3. The Balaban J connectivity index is 2.06. The van der Waals surface area contributed by atoms with Gasteiger partial charge in [0.25, 0.3) is 0 Å². The molecule has 0 aliphatic carbocycles. The molecule has 2 heterocycles. The van der Waals surface area contributed by atoms with E-state index in [1.54, 1.807) is 16.9 Å². The highest BCUT2D eigenvalue weighted by Crippen LogP contribution is 2.17.